The average Bonchev–Trinajstić information content (AvgIpc) is 3.36. The molecular weight excluding hydrogens is 424 g/mol. The van der Waals surface area contributed by atoms with Crippen LogP contribution in [0, 0.1) is 23.2 Å². The molecule has 0 spiro atoms. The van der Waals surface area contributed by atoms with E-state index in [1.165, 1.54) is 4.88 Å². The third-order valence-corrected chi connectivity index (χ3v) is 9.06. The van der Waals surface area contributed by atoms with Crippen LogP contribution in [0.15, 0.2) is 0 Å². The lowest BCUT2D eigenvalue weighted by Gasteiger charge is -2.53. The molecule has 0 aromatic carbocycles. The Bertz CT molecular complexity index is 865. The van der Waals surface area contributed by atoms with E-state index >= 15 is 0 Å². The van der Waals surface area contributed by atoms with Gasteiger partial charge in [0.05, 0.1) is 18.3 Å². The Kier molecular flexibility index (Phi) is 6.67. The number of nitrogens with one attached hydrogen (secondary N) is 1. The van der Waals surface area contributed by atoms with E-state index in [-0.39, 0.29) is 40.9 Å². The molecule has 3 aliphatic rings. The van der Waals surface area contributed by atoms with Crippen LogP contribution in [0.1, 0.15) is 62.9 Å². The summed E-state index contributed by atoms with van der Waals surface area (Å²) in [4.78, 5) is 35.1. The van der Waals surface area contributed by atoms with Crippen LogP contribution in [0.4, 0.5) is 5.13 Å². The Balaban J connectivity index is 1.53. The van der Waals surface area contributed by atoms with Gasteiger partial charge in [-0.05, 0) is 63.5 Å². The summed E-state index contributed by atoms with van der Waals surface area (Å²) >= 11 is 1.57. The van der Waals surface area contributed by atoms with Crippen molar-refractivity contribution in [1.29, 1.82) is 0 Å². The van der Waals surface area contributed by atoms with Gasteiger partial charge in [0.2, 0.25) is 11.8 Å². The summed E-state index contributed by atoms with van der Waals surface area (Å²) in [7, 11) is 3.74. The van der Waals surface area contributed by atoms with Crippen LogP contribution in [0.2, 0.25) is 0 Å². The minimum Gasteiger partial charge on any atom is -0.392 e. The fourth-order valence-electron chi connectivity index (χ4n) is 6.45. The predicted molar refractivity (Wildman–Crippen MR) is 127 cm³/mol. The second kappa shape index (κ2) is 9.03. The number of anilines is 1. The van der Waals surface area contributed by atoms with Crippen LogP contribution in [-0.4, -0.2) is 71.5 Å². The molecular formula is C24H38N4O3S. The van der Waals surface area contributed by atoms with E-state index in [0.717, 1.165) is 50.9 Å². The van der Waals surface area contributed by atoms with Gasteiger partial charge in [-0.1, -0.05) is 20.8 Å². The lowest BCUT2D eigenvalue weighted by molar-refractivity contribution is -0.143. The Morgan fingerprint density at radius 1 is 1.34 bits per heavy atom. The van der Waals surface area contributed by atoms with Crippen molar-refractivity contribution < 1.29 is 14.7 Å². The Hall–Kier alpha value is -1.51. The first-order valence-electron chi connectivity index (χ1n) is 12.0. The molecule has 1 saturated heterocycles. The van der Waals surface area contributed by atoms with Crippen LogP contribution in [0.25, 0.3) is 0 Å². The maximum atomic E-state index is 13.1. The summed E-state index contributed by atoms with van der Waals surface area (Å²) in [5.41, 5.74) is 0.992. The molecule has 2 N–H and O–H groups in total. The van der Waals surface area contributed by atoms with E-state index in [1.807, 2.05) is 30.8 Å². The zero-order valence-corrected chi connectivity index (χ0v) is 20.9. The van der Waals surface area contributed by atoms with Crippen LogP contribution >= 0.6 is 11.3 Å². The van der Waals surface area contributed by atoms with Gasteiger partial charge in [-0.25, -0.2) is 4.98 Å². The van der Waals surface area contributed by atoms with Crippen molar-refractivity contribution in [2.45, 2.75) is 64.9 Å². The Morgan fingerprint density at radius 2 is 2.03 bits per heavy atom. The maximum absolute atomic E-state index is 13.1. The second-order valence-corrected chi connectivity index (χ2v) is 11.9. The van der Waals surface area contributed by atoms with Gasteiger partial charge in [0.15, 0.2) is 5.13 Å². The highest BCUT2D eigenvalue weighted by atomic mass is 32.1. The normalized spacial score (nSPS) is 33.0. The fourth-order valence-corrected chi connectivity index (χ4v) is 7.73. The quantitative estimate of drug-likeness (QED) is 0.703. The van der Waals surface area contributed by atoms with Crippen molar-refractivity contribution in [3.63, 3.8) is 0 Å². The van der Waals surface area contributed by atoms with Crippen molar-refractivity contribution in [1.82, 2.24) is 14.8 Å². The minimum absolute atomic E-state index is 0.0110. The summed E-state index contributed by atoms with van der Waals surface area (Å²) in [5, 5.41) is 15.2. The first kappa shape index (κ1) is 23.6. The summed E-state index contributed by atoms with van der Waals surface area (Å²) in [5.74, 6) is 0.132. The maximum Gasteiger partial charge on any atom is 0.240 e. The number of aromatic nitrogens is 1. The van der Waals surface area contributed by atoms with Gasteiger partial charge >= 0.3 is 0 Å². The monoisotopic (exact) mass is 462 g/mol. The fraction of sp³-hybridized carbons (Fsp3) is 0.792. The molecule has 1 aliphatic heterocycles. The van der Waals surface area contributed by atoms with Crippen molar-refractivity contribution in [3.8, 4) is 0 Å². The molecule has 2 aliphatic carbocycles. The number of thiazole rings is 1. The number of likely N-dealkylation sites (tertiary alicyclic amines) is 1. The highest BCUT2D eigenvalue weighted by molar-refractivity contribution is 7.15. The molecule has 32 heavy (non-hydrogen) atoms. The first-order valence-corrected chi connectivity index (χ1v) is 12.8. The van der Waals surface area contributed by atoms with E-state index in [2.05, 4.69) is 19.2 Å². The number of carbonyl (C=O) groups is 2. The summed E-state index contributed by atoms with van der Waals surface area (Å²) in [6.45, 7) is 8.49. The number of rotatable bonds is 5. The number of nitrogens with zero attached hydrogens (tertiary/aromatic N) is 3. The molecule has 6 atom stereocenters. The van der Waals surface area contributed by atoms with Gasteiger partial charge in [0, 0.05) is 29.8 Å². The van der Waals surface area contributed by atoms with Gasteiger partial charge in [0.25, 0.3) is 0 Å². The number of aliphatic hydroxyl groups is 1. The van der Waals surface area contributed by atoms with E-state index in [1.54, 1.807) is 11.3 Å². The average molecular weight is 463 g/mol. The molecule has 0 unspecified atom stereocenters. The molecule has 2 heterocycles. The topological polar surface area (TPSA) is 85.8 Å². The number of likely N-dealkylation sites (N-methyl/N-ethyl adjacent to an activating group) is 1. The molecule has 4 rings (SSSR count). The van der Waals surface area contributed by atoms with Crippen LogP contribution in [-0.2, 0) is 16.0 Å². The van der Waals surface area contributed by atoms with Crippen molar-refractivity contribution >= 4 is 28.3 Å². The van der Waals surface area contributed by atoms with Gasteiger partial charge in [-0.15, -0.1) is 11.3 Å². The summed E-state index contributed by atoms with van der Waals surface area (Å²) in [6.07, 6.45) is 4.40. The number of carbonyl (C=O) groups excluding carboxylic acids is 2. The second-order valence-electron chi connectivity index (χ2n) is 10.8. The molecule has 1 aromatic rings. The number of aliphatic hydroxyl groups excluding tert-OH is 1. The summed E-state index contributed by atoms with van der Waals surface area (Å²) < 4.78 is 0. The number of hydrogen-bond acceptors (Lipinski definition) is 6. The van der Waals surface area contributed by atoms with E-state index in [0.29, 0.717) is 11.7 Å². The molecule has 1 saturated carbocycles. The van der Waals surface area contributed by atoms with E-state index < -0.39 is 6.10 Å². The van der Waals surface area contributed by atoms with Gasteiger partial charge < -0.3 is 20.2 Å². The third-order valence-electron chi connectivity index (χ3n) is 8.08. The first-order chi connectivity index (χ1) is 15.1. The van der Waals surface area contributed by atoms with Crippen LogP contribution in [0.3, 0.4) is 0 Å². The molecule has 0 radical (unpaired) electrons. The van der Waals surface area contributed by atoms with Crippen molar-refractivity contribution in [2.75, 3.05) is 39.0 Å². The smallest absolute Gasteiger partial charge is 0.240 e. The lowest BCUT2D eigenvalue weighted by Crippen LogP contribution is -2.53. The predicted octanol–water partition coefficient (Wildman–Crippen LogP) is 2.95. The zero-order chi connectivity index (χ0) is 23.2. The molecule has 2 fully saturated rings. The highest BCUT2D eigenvalue weighted by Crippen LogP contribution is 2.57. The SMILES string of the molecule is C[C@H](C(=O)N1CCCC1)[C@H]1CC[C@]2(C)Cc3sc(NC(=O)CN(C)C)nc3[C@@H](C)[C@@H]2[C@H]1O. The lowest BCUT2D eigenvalue weighted by atomic mass is 9.53. The van der Waals surface area contributed by atoms with Crippen LogP contribution < -0.4 is 5.32 Å². The molecule has 8 heteroatoms. The number of hydrogen-bond donors (Lipinski definition) is 2. The zero-order valence-electron chi connectivity index (χ0n) is 20.1. The van der Waals surface area contributed by atoms with Gasteiger partial charge in [-0.2, -0.15) is 0 Å². The Morgan fingerprint density at radius 3 is 2.69 bits per heavy atom. The molecule has 2 amide bonds. The molecule has 178 valence electrons. The third kappa shape index (κ3) is 4.33. The number of amides is 2. The molecule has 7 nitrogen and oxygen atoms in total. The molecule has 0 bridgehead atoms. The van der Waals surface area contributed by atoms with Crippen molar-refractivity contribution in [2.24, 2.45) is 23.2 Å². The Labute approximate surface area is 195 Å². The number of fused-ring (bicyclic) bond motifs is 2. The van der Waals surface area contributed by atoms with E-state index in [9.17, 15) is 14.7 Å². The van der Waals surface area contributed by atoms with E-state index in [4.69, 9.17) is 4.98 Å². The standard InChI is InChI=1S/C24H38N4O3S/c1-14(22(31)28-10-6-7-11-28)16-8-9-24(3)12-17-20(15(2)19(24)21(16)30)26-23(32-17)25-18(29)13-27(4)5/h14-16,19,21,30H,6-13H2,1-5H3,(H,25,26,29)/t14-,15-,16+,19+,21-,24+/m0/s1. The molecule has 1 aromatic heterocycles. The van der Waals surface area contributed by atoms with Gasteiger partial charge in [-0.3, -0.25) is 9.59 Å². The highest BCUT2D eigenvalue weighted by Gasteiger charge is 2.54. The van der Waals surface area contributed by atoms with Gasteiger partial charge in [0.1, 0.15) is 0 Å². The summed E-state index contributed by atoms with van der Waals surface area (Å²) in [6, 6.07) is 0. The largest absolute Gasteiger partial charge is 0.392 e. The minimum atomic E-state index is -0.521. The van der Waals surface area contributed by atoms with Crippen molar-refractivity contribution in [3.05, 3.63) is 10.6 Å². The van der Waals surface area contributed by atoms with Crippen LogP contribution in [0.5, 0.6) is 0 Å².